The fourth-order valence-electron chi connectivity index (χ4n) is 1.56. The van der Waals surface area contributed by atoms with Crippen molar-refractivity contribution in [2.45, 2.75) is 26.2 Å². The third-order valence-electron chi connectivity index (χ3n) is 2.70. The van der Waals surface area contributed by atoms with Crippen molar-refractivity contribution in [3.8, 4) is 0 Å². The minimum Gasteiger partial charge on any atom is -0.464 e. The van der Waals surface area contributed by atoms with E-state index in [1.807, 2.05) is 37.3 Å². The van der Waals surface area contributed by atoms with Crippen molar-refractivity contribution in [3.63, 3.8) is 0 Å². The molecule has 116 valence electrons. The van der Waals surface area contributed by atoms with E-state index in [-0.39, 0.29) is 13.2 Å². The quantitative estimate of drug-likeness (QED) is 0.488. The molecule has 0 heterocycles. The summed E-state index contributed by atoms with van der Waals surface area (Å²) < 4.78 is 14.8. The normalized spacial score (nSPS) is 10.1. The van der Waals surface area contributed by atoms with Gasteiger partial charge in [0, 0.05) is 6.42 Å². The van der Waals surface area contributed by atoms with Crippen molar-refractivity contribution >= 4 is 11.9 Å². The molecule has 0 aliphatic rings. The Bertz CT molecular complexity index is 416. The molecule has 0 bridgehead atoms. The Morgan fingerprint density at radius 3 is 2.19 bits per heavy atom. The van der Waals surface area contributed by atoms with Gasteiger partial charge in [-0.25, -0.2) is 9.59 Å². The average molecular weight is 294 g/mol. The number of hydrogen-bond donors (Lipinski definition) is 0. The van der Waals surface area contributed by atoms with Crippen LogP contribution in [-0.4, -0.2) is 38.4 Å². The van der Waals surface area contributed by atoms with Crippen LogP contribution in [-0.2, 0) is 30.2 Å². The van der Waals surface area contributed by atoms with Crippen LogP contribution in [0.25, 0.3) is 0 Å². The predicted molar refractivity (Wildman–Crippen MR) is 77.8 cm³/mol. The largest absolute Gasteiger partial charge is 0.464 e. The molecule has 0 saturated heterocycles. The van der Waals surface area contributed by atoms with Crippen molar-refractivity contribution in [2.24, 2.45) is 0 Å². The maximum atomic E-state index is 11.4. The number of benzene rings is 1. The second kappa shape index (κ2) is 10.9. The van der Waals surface area contributed by atoms with E-state index in [4.69, 9.17) is 14.2 Å². The van der Waals surface area contributed by atoms with Crippen LogP contribution in [0.2, 0.25) is 0 Å². The molecule has 0 saturated carbocycles. The molecule has 0 amide bonds. The first kappa shape index (κ1) is 17.2. The Kier molecular flexibility index (Phi) is 8.88. The lowest BCUT2D eigenvalue weighted by Crippen LogP contribution is -2.19. The standard InChI is InChI=1S/C16H22O5/c1-2-3-10-20-15(17)12-19-13-16(18)21-11-9-14-7-5-4-6-8-14/h4-8H,2-3,9-13H2,1H3. The molecule has 0 atom stereocenters. The van der Waals surface area contributed by atoms with Gasteiger partial charge in [0.1, 0.15) is 13.2 Å². The molecule has 21 heavy (non-hydrogen) atoms. The number of rotatable bonds is 10. The molecular weight excluding hydrogens is 272 g/mol. The highest BCUT2D eigenvalue weighted by molar-refractivity contribution is 5.73. The van der Waals surface area contributed by atoms with Gasteiger partial charge in [-0.1, -0.05) is 43.7 Å². The van der Waals surface area contributed by atoms with Gasteiger partial charge in [-0.05, 0) is 12.0 Å². The van der Waals surface area contributed by atoms with E-state index < -0.39 is 11.9 Å². The van der Waals surface area contributed by atoms with E-state index in [1.54, 1.807) is 0 Å². The van der Waals surface area contributed by atoms with Crippen LogP contribution in [0.1, 0.15) is 25.3 Å². The lowest BCUT2D eigenvalue weighted by atomic mass is 10.2. The van der Waals surface area contributed by atoms with Crippen LogP contribution in [0.3, 0.4) is 0 Å². The average Bonchev–Trinajstić information content (AvgIpc) is 2.48. The SMILES string of the molecule is CCCCOC(=O)COCC(=O)OCCc1ccccc1. The molecule has 0 aliphatic heterocycles. The van der Waals surface area contributed by atoms with Crippen LogP contribution in [0.4, 0.5) is 0 Å². The van der Waals surface area contributed by atoms with Gasteiger partial charge in [0.2, 0.25) is 0 Å². The zero-order valence-electron chi connectivity index (χ0n) is 12.4. The van der Waals surface area contributed by atoms with Gasteiger partial charge in [0.15, 0.2) is 0 Å². The summed E-state index contributed by atoms with van der Waals surface area (Å²) in [5.41, 5.74) is 1.10. The molecule has 1 aromatic carbocycles. The van der Waals surface area contributed by atoms with Gasteiger partial charge in [-0.3, -0.25) is 0 Å². The molecule has 5 nitrogen and oxygen atoms in total. The Hall–Kier alpha value is -1.88. The first-order chi connectivity index (χ1) is 10.2. The minimum absolute atomic E-state index is 0.225. The molecule has 0 spiro atoms. The van der Waals surface area contributed by atoms with Gasteiger partial charge < -0.3 is 14.2 Å². The number of esters is 2. The summed E-state index contributed by atoms with van der Waals surface area (Å²) in [6, 6.07) is 9.74. The van der Waals surface area contributed by atoms with Gasteiger partial charge in [0.25, 0.3) is 0 Å². The molecule has 0 radical (unpaired) electrons. The first-order valence-electron chi connectivity index (χ1n) is 7.15. The van der Waals surface area contributed by atoms with Crippen LogP contribution in [0.5, 0.6) is 0 Å². The lowest BCUT2D eigenvalue weighted by Gasteiger charge is -2.06. The number of ether oxygens (including phenoxy) is 3. The third-order valence-corrected chi connectivity index (χ3v) is 2.70. The van der Waals surface area contributed by atoms with Gasteiger partial charge in [0.05, 0.1) is 13.2 Å². The van der Waals surface area contributed by atoms with Crippen molar-refractivity contribution in [1.82, 2.24) is 0 Å². The van der Waals surface area contributed by atoms with E-state index >= 15 is 0 Å². The molecule has 1 aromatic rings. The van der Waals surface area contributed by atoms with Crippen LogP contribution < -0.4 is 0 Å². The highest BCUT2D eigenvalue weighted by Crippen LogP contribution is 1.99. The van der Waals surface area contributed by atoms with Crippen LogP contribution in [0, 0.1) is 0 Å². The Labute approximate surface area is 125 Å². The summed E-state index contributed by atoms with van der Waals surface area (Å²) in [6.45, 7) is 2.23. The maximum Gasteiger partial charge on any atom is 0.332 e. The molecule has 0 aliphatic carbocycles. The Balaban J connectivity index is 2.02. The Morgan fingerprint density at radius 1 is 0.952 bits per heavy atom. The fraction of sp³-hybridized carbons (Fsp3) is 0.500. The minimum atomic E-state index is -0.479. The van der Waals surface area contributed by atoms with E-state index in [1.165, 1.54) is 0 Å². The third kappa shape index (κ3) is 8.81. The molecular formula is C16H22O5. The van der Waals surface area contributed by atoms with E-state index in [2.05, 4.69) is 0 Å². The number of unbranched alkanes of at least 4 members (excludes halogenated alkanes) is 1. The summed E-state index contributed by atoms with van der Waals surface area (Å²) >= 11 is 0. The number of carbonyl (C=O) groups is 2. The van der Waals surface area contributed by atoms with Crippen LogP contribution >= 0.6 is 0 Å². The summed E-state index contributed by atoms with van der Waals surface area (Å²) in [7, 11) is 0. The first-order valence-corrected chi connectivity index (χ1v) is 7.15. The summed E-state index contributed by atoms with van der Waals surface area (Å²) in [5, 5.41) is 0. The van der Waals surface area contributed by atoms with Gasteiger partial charge in [-0.2, -0.15) is 0 Å². The van der Waals surface area contributed by atoms with Gasteiger partial charge >= 0.3 is 11.9 Å². The maximum absolute atomic E-state index is 11.4. The molecule has 5 heteroatoms. The fourth-order valence-corrected chi connectivity index (χ4v) is 1.56. The zero-order valence-corrected chi connectivity index (χ0v) is 12.4. The number of hydrogen-bond acceptors (Lipinski definition) is 5. The predicted octanol–water partition coefficient (Wildman–Crippen LogP) is 2.13. The van der Waals surface area contributed by atoms with E-state index in [9.17, 15) is 9.59 Å². The van der Waals surface area contributed by atoms with E-state index in [0.29, 0.717) is 19.6 Å². The van der Waals surface area contributed by atoms with Crippen molar-refractivity contribution in [3.05, 3.63) is 35.9 Å². The number of carbonyl (C=O) groups excluding carboxylic acids is 2. The van der Waals surface area contributed by atoms with Crippen molar-refractivity contribution in [2.75, 3.05) is 26.4 Å². The Morgan fingerprint density at radius 2 is 1.57 bits per heavy atom. The molecule has 0 aromatic heterocycles. The van der Waals surface area contributed by atoms with Gasteiger partial charge in [-0.15, -0.1) is 0 Å². The lowest BCUT2D eigenvalue weighted by molar-refractivity contribution is -0.155. The van der Waals surface area contributed by atoms with Crippen molar-refractivity contribution < 1.29 is 23.8 Å². The molecule has 1 rings (SSSR count). The highest BCUT2D eigenvalue weighted by atomic mass is 16.6. The second-order valence-corrected chi connectivity index (χ2v) is 4.52. The smallest absolute Gasteiger partial charge is 0.332 e. The monoisotopic (exact) mass is 294 g/mol. The van der Waals surface area contributed by atoms with Crippen LogP contribution in [0.15, 0.2) is 30.3 Å². The summed E-state index contributed by atoms with van der Waals surface area (Å²) in [4.78, 5) is 22.6. The second-order valence-electron chi connectivity index (χ2n) is 4.52. The molecule has 0 unspecified atom stereocenters. The molecule has 0 N–H and O–H groups in total. The van der Waals surface area contributed by atoms with Crippen molar-refractivity contribution in [1.29, 1.82) is 0 Å². The van der Waals surface area contributed by atoms with E-state index in [0.717, 1.165) is 18.4 Å². The molecule has 0 fully saturated rings. The topological polar surface area (TPSA) is 61.8 Å². The highest BCUT2D eigenvalue weighted by Gasteiger charge is 2.07. The summed E-state index contributed by atoms with van der Waals surface area (Å²) in [6.07, 6.45) is 2.45. The summed E-state index contributed by atoms with van der Waals surface area (Å²) in [5.74, 6) is -0.937. The zero-order chi connectivity index (χ0) is 15.3.